The summed E-state index contributed by atoms with van der Waals surface area (Å²) in [5.74, 6) is 1.00. The molecular formula is C20H28N4O. The molecule has 1 aromatic carbocycles. The largest absolute Gasteiger partial charge is 0.370 e. The highest BCUT2D eigenvalue weighted by Gasteiger charge is 2.51. The number of nitrogens with zero attached hydrogens (tertiary/aromatic N) is 1. The lowest BCUT2D eigenvalue weighted by atomic mass is 9.72. The van der Waals surface area contributed by atoms with E-state index in [4.69, 9.17) is 5.73 Å². The first-order valence-corrected chi connectivity index (χ1v) is 9.68. The van der Waals surface area contributed by atoms with Crippen molar-refractivity contribution >= 4 is 11.9 Å². The molecule has 4 rings (SSSR count). The van der Waals surface area contributed by atoms with Crippen LogP contribution in [-0.4, -0.2) is 25.0 Å². The van der Waals surface area contributed by atoms with Crippen LogP contribution in [0.5, 0.6) is 0 Å². The van der Waals surface area contributed by atoms with Crippen molar-refractivity contribution in [3.63, 3.8) is 0 Å². The zero-order valence-electron chi connectivity index (χ0n) is 14.8. The topological polar surface area (TPSA) is 79.5 Å². The monoisotopic (exact) mass is 340 g/mol. The van der Waals surface area contributed by atoms with E-state index in [9.17, 15) is 4.79 Å². The molecule has 25 heavy (non-hydrogen) atoms. The van der Waals surface area contributed by atoms with E-state index in [2.05, 4.69) is 39.9 Å². The second-order valence-electron chi connectivity index (χ2n) is 7.70. The first-order chi connectivity index (χ1) is 12.2. The van der Waals surface area contributed by atoms with Crippen molar-refractivity contribution in [3.05, 3.63) is 35.4 Å². The zero-order chi connectivity index (χ0) is 17.3. The molecule has 0 radical (unpaired) electrons. The van der Waals surface area contributed by atoms with Gasteiger partial charge in [0.2, 0.25) is 0 Å². The molecule has 2 fully saturated rings. The minimum absolute atomic E-state index is 0.0577. The molecule has 3 aliphatic rings. The molecule has 5 nitrogen and oxygen atoms in total. The molecule has 1 unspecified atom stereocenters. The van der Waals surface area contributed by atoms with Crippen LogP contribution < -0.4 is 16.4 Å². The van der Waals surface area contributed by atoms with Gasteiger partial charge in [0.15, 0.2) is 11.5 Å². The zero-order valence-corrected chi connectivity index (χ0v) is 14.8. The van der Waals surface area contributed by atoms with Crippen LogP contribution in [-0.2, 0) is 10.3 Å². The Morgan fingerprint density at radius 3 is 2.52 bits per heavy atom. The Morgan fingerprint density at radius 2 is 1.84 bits per heavy atom. The van der Waals surface area contributed by atoms with Gasteiger partial charge in [-0.05, 0) is 61.7 Å². The number of piperidine rings is 1. The Hall–Kier alpha value is -1.88. The molecular weight excluding hydrogens is 312 g/mol. The average molecular weight is 340 g/mol. The summed E-state index contributed by atoms with van der Waals surface area (Å²) >= 11 is 0. The lowest BCUT2D eigenvalue weighted by Gasteiger charge is -2.36. The van der Waals surface area contributed by atoms with Gasteiger partial charge in [-0.15, -0.1) is 0 Å². The summed E-state index contributed by atoms with van der Waals surface area (Å²) < 4.78 is 0. The molecule has 134 valence electrons. The van der Waals surface area contributed by atoms with E-state index in [1.165, 1.54) is 37.7 Å². The van der Waals surface area contributed by atoms with Crippen molar-refractivity contribution < 1.29 is 4.79 Å². The lowest BCUT2D eigenvalue weighted by Crippen LogP contribution is -2.47. The molecule has 0 spiro atoms. The molecule has 1 saturated carbocycles. The maximum absolute atomic E-state index is 13.0. The highest BCUT2D eigenvalue weighted by atomic mass is 16.2. The number of guanidine groups is 1. The number of aliphatic imine (C=N–C) groups is 1. The summed E-state index contributed by atoms with van der Waals surface area (Å²) in [4.78, 5) is 17.7. The van der Waals surface area contributed by atoms with E-state index in [-0.39, 0.29) is 17.8 Å². The molecule has 1 aliphatic carbocycles. The van der Waals surface area contributed by atoms with E-state index in [0.29, 0.717) is 5.92 Å². The van der Waals surface area contributed by atoms with Gasteiger partial charge in [-0.25, -0.2) is 4.99 Å². The maximum atomic E-state index is 13.0. The van der Waals surface area contributed by atoms with Crippen LogP contribution in [0.15, 0.2) is 29.3 Å². The number of benzene rings is 1. The smallest absolute Gasteiger partial charge is 0.259 e. The molecule has 5 heteroatoms. The molecule has 0 aromatic heterocycles. The number of rotatable bonds is 3. The van der Waals surface area contributed by atoms with E-state index in [0.717, 1.165) is 31.5 Å². The second-order valence-corrected chi connectivity index (χ2v) is 7.70. The summed E-state index contributed by atoms with van der Waals surface area (Å²) in [6.45, 7) is 1.86. The van der Waals surface area contributed by atoms with Crippen molar-refractivity contribution in [2.24, 2.45) is 16.6 Å². The molecule has 2 heterocycles. The molecule has 1 saturated heterocycles. The number of amides is 1. The van der Waals surface area contributed by atoms with Gasteiger partial charge in [-0.1, -0.05) is 43.5 Å². The van der Waals surface area contributed by atoms with Crippen LogP contribution in [0.3, 0.4) is 0 Å². The Bertz CT molecular complexity index is 674. The van der Waals surface area contributed by atoms with E-state index >= 15 is 0 Å². The summed E-state index contributed by atoms with van der Waals surface area (Å²) in [6, 6.07) is 8.62. The number of hydrogen-bond donors (Lipinski definition) is 3. The van der Waals surface area contributed by atoms with Gasteiger partial charge in [-0.3, -0.25) is 10.1 Å². The van der Waals surface area contributed by atoms with Crippen molar-refractivity contribution in [2.45, 2.75) is 56.4 Å². The predicted octanol–water partition coefficient (Wildman–Crippen LogP) is 2.37. The number of nitrogens with one attached hydrogen (secondary N) is 2. The standard InChI is InChI=1S/C20H28N4O/c21-19-23-18(25)20(24-19,16-9-11-22-12-10-16)17-8-4-7-15(13-17)14-5-2-1-3-6-14/h4,7-8,13-14,16,22H,1-3,5-6,9-12H2,(H3,21,23,24,25). The van der Waals surface area contributed by atoms with Gasteiger partial charge in [0.1, 0.15) is 0 Å². The third-order valence-corrected chi connectivity index (χ3v) is 6.22. The van der Waals surface area contributed by atoms with Crippen molar-refractivity contribution in [1.82, 2.24) is 10.6 Å². The van der Waals surface area contributed by atoms with Crippen LogP contribution >= 0.6 is 0 Å². The van der Waals surface area contributed by atoms with Crippen LogP contribution in [0, 0.1) is 5.92 Å². The highest BCUT2D eigenvalue weighted by Crippen LogP contribution is 2.43. The highest BCUT2D eigenvalue weighted by molar-refractivity contribution is 6.07. The van der Waals surface area contributed by atoms with E-state index in [1.54, 1.807) is 0 Å². The van der Waals surface area contributed by atoms with Gasteiger partial charge < -0.3 is 11.1 Å². The van der Waals surface area contributed by atoms with Crippen molar-refractivity contribution in [2.75, 3.05) is 13.1 Å². The van der Waals surface area contributed by atoms with E-state index < -0.39 is 5.54 Å². The van der Waals surface area contributed by atoms with Crippen LogP contribution in [0.1, 0.15) is 62.0 Å². The summed E-state index contributed by atoms with van der Waals surface area (Å²) in [5.41, 5.74) is 7.45. The molecule has 4 N–H and O–H groups in total. The summed E-state index contributed by atoms with van der Waals surface area (Å²) in [5, 5.41) is 6.16. The molecule has 1 atom stereocenters. The molecule has 0 bridgehead atoms. The van der Waals surface area contributed by atoms with Crippen LogP contribution in [0.4, 0.5) is 0 Å². The quantitative estimate of drug-likeness (QED) is 0.790. The Kier molecular flexibility index (Phi) is 4.50. The fourth-order valence-electron chi connectivity index (χ4n) is 4.89. The van der Waals surface area contributed by atoms with Crippen molar-refractivity contribution in [1.29, 1.82) is 0 Å². The molecule has 1 amide bonds. The minimum Gasteiger partial charge on any atom is -0.370 e. The number of carbonyl (C=O) groups excluding carboxylic acids is 1. The van der Waals surface area contributed by atoms with Crippen molar-refractivity contribution in [3.8, 4) is 0 Å². The van der Waals surface area contributed by atoms with Crippen LogP contribution in [0.25, 0.3) is 0 Å². The predicted molar refractivity (Wildman–Crippen MR) is 99.3 cm³/mol. The Balaban J connectivity index is 1.74. The van der Waals surface area contributed by atoms with E-state index in [1.807, 2.05) is 0 Å². The normalized spacial score (nSPS) is 28.6. The third-order valence-electron chi connectivity index (χ3n) is 6.22. The fourth-order valence-corrected chi connectivity index (χ4v) is 4.89. The van der Waals surface area contributed by atoms with Crippen LogP contribution in [0.2, 0.25) is 0 Å². The fraction of sp³-hybridized carbons (Fsp3) is 0.600. The SMILES string of the molecule is NC1=NC(c2cccc(C3CCCCC3)c2)(C2CCNCC2)C(=O)N1. The molecule has 2 aliphatic heterocycles. The third kappa shape index (κ3) is 2.95. The van der Waals surface area contributed by atoms with Gasteiger partial charge >= 0.3 is 0 Å². The Morgan fingerprint density at radius 1 is 1.08 bits per heavy atom. The first-order valence-electron chi connectivity index (χ1n) is 9.68. The van der Waals surface area contributed by atoms with Gasteiger partial charge in [0.25, 0.3) is 5.91 Å². The Labute approximate surface area is 149 Å². The summed E-state index contributed by atoms with van der Waals surface area (Å²) in [6.07, 6.45) is 8.34. The number of hydrogen-bond acceptors (Lipinski definition) is 4. The first kappa shape index (κ1) is 16.6. The second kappa shape index (κ2) is 6.79. The van der Waals surface area contributed by atoms with Gasteiger partial charge in [-0.2, -0.15) is 0 Å². The number of nitrogens with two attached hydrogens (primary N) is 1. The van der Waals surface area contributed by atoms with Gasteiger partial charge in [0.05, 0.1) is 0 Å². The van der Waals surface area contributed by atoms with Gasteiger partial charge in [0, 0.05) is 0 Å². The average Bonchev–Trinajstić information content (AvgIpc) is 2.98. The maximum Gasteiger partial charge on any atom is 0.259 e. The minimum atomic E-state index is -0.850. The molecule has 1 aromatic rings. The summed E-state index contributed by atoms with van der Waals surface area (Å²) in [7, 11) is 0. The lowest BCUT2D eigenvalue weighted by molar-refractivity contribution is -0.126. The number of carbonyl (C=O) groups is 1.